The van der Waals surface area contributed by atoms with Crippen LogP contribution in [0.2, 0.25) is 0 Å². The fourth-order valence-corrected chi connectivity index (χ4v) is 2.93. The van der Waals surface area contributed by atoms with Gasteiger partial charge in [0.05, 0.1) is 4.90 Å². The van der Waals surface area contributed by atoms with Gasteiger partial charge in [-0.25, -0.2) is 13.1 Å². The highest BCUT2D eigenvalue weighted by Gasteiger charge is 2.18. The summed E-state index contributed by atoms with van der Waals surface area (Å²) in [6.07, 6.45) is -1.01. The molecule has 0 spiro atoms. The number of sulfonamides is 1. The molecule has 2 aromatic rings. The standard InChI is InChI=1S/C14H17NO4S/c1-10-4-3-5-12(8-10)20(17,18)15-9-13(16)14-7-6-11(2)19-14/h3-8,13,15-16H,9H2,1-2H3. The number of furan rings is 1. The van der Waals surface area contributed by atoms with Crippen LogP contribution in [0.1, 0.15) is 23.2 Å². The third-order valence-corrected chi connectivity index (χ3v) is 4.28. The first-order valence-electron chi connectivity index (χ1n) is 6.19. The van der Waals surface area contributed by atoms with Crippen LogP contribution < -0.4 is 4.72 Å². The van der Waals surface area contributed by atoms with Crippen molar-refractivity contribution in [3.63, 3.8) is 0 Å². The van der Waals surface area contributed by atoms with Gasteiger partial charge in [0.25, 0.3) is 0 Å². The molecule has 0 saturated carbocycles. The number of benzene rings is 1. The van der Waals surface area contributed by atoms with Crippen molar-refractivity contribution < 1.29 is 17.9 Å². The lowest BCUT2D eigenvalue weighted by Crippen LogP contribution is -2.28. The van der Waals surface area contributed by atoms with E-state index in [1.807, 2.05) is 13.0 Å². The lowest BCUT2D eigenvalue weighted by atomic mass is 10.2. The molecular formula is C14H17NO4S. The Bertz CT molecular complexity index is 691. The molecule has 1 aromatic carbocycles. The molecule has 1 heterocycles. The molecule has 6 heteroatoms. The van der Waals surface area contributed by atoms with E-state index in [0.717, 1.165) is 5.56 Å². The average Bonchev–Trinajstić information content (AvgIpc) is 2.83. The second kappa shape index (κ2) is 5.78. The Kier molecular flexibility index (Phi) is 4.27. The minimum absolute atomic E-state index is 0.136. The van der Waals surface area contributed by atoms with Crippen LogP contribution in [0.4, 0.5) is 0 Å². The molecule has 0 saturated heterocycles. The van der Waals surface area contributed by atoms with Gasteiger partial charge < -0.3 is 9.52 Å². The highest BCUT2D eigenvalue weighted by atomic mass is 32.2. The molecule has 0 aliphatic heterocycles. The van der Waals surface area contributed by atoms with Gasteiger partial charge in [-0.05, 0) is 43.7 Å². The maximum Gasteiger partial charge on any atom is 0.240 e. The van der Waals surface area contributed by atoms with Gasteiger partial charge in [0.1, 0.15) is 17.6 Å². The normalized spacial score (nSPS) is 13.3. The van der Waals surface area contributed by atoms with E-state index in [1.54, 1.807) is 31.2 Å². The summed E-state index contributed by atoms with van der Waals surface area (Å²) in [6, 6.07) is 9.93. The van der Waals surface area contributed by atoms with Crippen LogP contribution in [0.25, 0.3) is 0 Å². The quantitative estimate of drug-likeness (QED) is 0.883. The molecule has 5 nitrogen and oxygen atoms in total. The Balaban J connectivity index is 2.06. The third-order valence-electron chi connectivity index (χ3n) is 2.86. The van der Waals surface area contributed by atoms with Crippen LogP contribution >= 0.6 is 0 Å². The number of aliphatic hydroxyl groups is 1. The lowest BCUT2D eigenvalue weighted by molar-refractivity contribution is 0.152. The second-order valence-corrected chi connectivity index (χ2v) is 6.40. The Labute approximate surface area is 118 Å². The first-order valence-corrected chi connectivity index (χ1v) is 7.67. The van der Waals surface area contributed by atoms with Crippen molar-refractivity contribution in [1.82, 2.24) is 4.72 Å². The summed E-state index contributed by atoms with van der Waals surface area (Å²) in [5.74, 6) is 1.01. The predicted octanol–water partition coefficient (Wildman–Crippen LogP) is 1.91. The summed E-state index contributed by atoms with van der Waals surface area (Å²) in [7, 11) is -3.63. The van der Waals surface area contributed by atoms with Crippen molar-refractivity contribution in [2.24, 2.45) is 0 Å². The smallest absolute Gasteiger partial charge is 0.240 e. The molecule has 20 heavy (non-hydrogen) atoms. The number of aliphatic hydroxyl groups excluding tert-OH is 1. The van der Waals surface area contributed by atoms with Crippen molar-refractivity contribution in [1.29, 1.82) is 0 Å². The van der Waals surface area contributed by atoms with Crippen molar-refractivity contribution in [3.8, 4) is 0 Å². The van der Waals surface area contributed by atoms with E-state index < -0.39 is 16.1 Å². The monoisotopic (exact) mass is 295 g/mol. The zero-order valence-electron chi connectivity index (χ0n) is 11.3. The van der Waals surface area contributed by atoms with Crippen LogP contribution in [0.3, 0.4) is 0 Å². The number of nitrogens with one attached hydrogen (secondary N) is 1. The summed E-state index contributed by atoms with van der Waals surface area (Å²) in [5, 5.41) is 9.88. The van der Waals surface area contributed by atoms with E-state index >= 15 is 0 Å². The van der Waals surface area contributed by atoms with Crippen LogP contribution in [-0.4, -0.2) is 20.1 Å². The molecule has 108 valence electrons. The Hall–Kier alpha value is -1.63. The molecule has 1 aromatic heterocycles. The summed E-state index contributed by atoms with van der Waals surface area (Å²) in [5.41, 5.74) is 0.857. The molecule has 0 radical (unpaired) electrons. The van der Waals surface area contributed by atoms with E-state index in [4.69, 9.17) is 4.42 Å². The lowest BCUT2D eigenvalue weighted by Gasteiger charge is -2.10. The molecule has 0 fully saturated rings. The topological polar surface area (TPSA) is 79.5 Å². The van der Waals surface area contributed by atoms with E-state index in [2.05, 4.69) is 4.72 Å². The van der Waals surface area contributed by atoms with Crippen LogP contribution in [0.5, 0.6) is 0 Å². The van der Waals surface area contributed by atoms with E-state index in [1.165, 1.54) is 6.07 Å². The molecule has 2 rings (SSSR count). The van der Waals surface area contributed by atoms with E-state index in [-0.39, 0.29) is 11.4 Å². The van der Waals surface area contributed by atoms with Gasteiger partial charge in [-0.3, -0.25) is 0 Å². The van der Waals surface area contributed by atoms with Gasteiger partial charge in [0, 0.05) is 6.54 Å². The number of aryl methyl sites for hydroxylation is 2. The zero-order valence-corrected chi connectivity index (χ0v) is 12.1. The summed E-state index contributed by atoms with van der Waals surface area (Å²) >= 11 is 0. The molecule has 0 amide bonds. The number of hydrogen-bond donors (Lipinski definition) is 2. The number of rotatable bonds is 5. The average molecular weight is 295 g/mol. The SMILES string of the molecule is Cc1cccc(S(=O)(=O)NCC(O)c2ccc(C)o2)c1. The fourth-order valence-electron chi connectivity index (χ4n) is 1.79. The highest BCUT2D eigenvalue weighted by Crippen LogP contribution is 2.16. The second-order valence-electron chi connectivity index (χ2n) is 4.63. The van der Waals surface area contributed by atoms with E-state index in [9.17, 15) is 13.5 Å². The van der Waals surface area contributed by atoms with Crippen molar-refractivity contribution in [2.75, 3.05) is 6.54 Å². The van der Waals surface area contributed by atoms with Crippen LogP contribution in [0, 0.1) is 13.8 Å². The van der Waals surface area contributed by atoms with Gasteiger partial charge in [-0.15, -0.1) is 0 Å². The molecule has 1 atom stereocenters. The minimum atomic E-state index is -3.63. The molecular weight excluding hydrogens is 278 g/mol. The van der Waals surface area contributed by atoms with Crippen molar-refractivity contribution in [3.05, 3.63) is 53.5 Å². The Morgan fingerprint density at radius 3 is 2.60 bits per heavy atom. The van der Waals surface area contributed by atoms with Gasteiger partial charge >= 0.3 is 0 Å². The maximum absolute atomic E-state index is 12.1. The molecule has 0 aliphatic carbocycles. The molecule has 0 aliphatic rings. The Morgan fingerprint density at radius 1 is 1.25 bits per heavy atom. The zero-order chi connectivity index (χ0) is 14.8. The predicted molar refractivity (Wildman–Crippen MR) is 74.8 cm³/mol. The maximum atomic E-state index is 12.1. The third kappa shape index (κ3) is 3.47. The largest absolute Gasteiger partial charge is 0.464 e. The highest BCUT2D eigenvalue weighted by molar-refractivity contribution is 7.89. The van der Waals surface area contributed by atoms with Crippen LogP contribution in [0.15, 0.2) is 45.7 Å². The van der Waals surface area contributed by atoms with Gasteiger partial charge in [0.2, 0.25) is 10.0 Å². The van der Waals surface area contributed by atoms with Gasteiger partial charge in [-0.2, -0.15) is 0 Å². The Morgan fingerprint density at radius 2 is 2.00 bits per heavy atom. The first-order chi connectivity index (χ1) is 9.38. The molecule has 1 unspecified atom stereocenters. The molecule has 2 N–H and O–H groups in total. The van der Waals surface area contributed by atoms with Gasteiger partial charge in [-0.1, -0.05) is 12.1 Å². The van der Waals surface area contributed by atoms with Crippen LogP contribution in [-0.2, 0) is 10.0 Å². The molecule has 0 bridgehead atoms. The minimum Gasteiger partial charge on any atom is -0.464 e. The summed E-state index contributed by atoms with van der Waals surface area (Å²) in [4.78, 5) is 0.181. The van der Waals surface area contributed by atoms with E-state index in [0.29, 0.717) is 11.5 Å². The first kappa shape index (κ1) is 14.8. The fraction of sp³-hybridized carbons (Fsp3) is 0.286. The van der Waals surface area contributed by atoms with Crippen molar-refractivity contribution >= 4 is 10.0 Å². The summed E-state index contributed by atoms with van der Waals surface area (Å²) in [6.45, 7) is 3.44. The van der Waals surface area contributed by atoms with Gasteiger partial charge in [0.15, 0.2) is 0 Å². The van der Waals surface area contributed by atoms with Crippen molar-refractivity contribution in [2.45, 2.75) is 24.8 Å². The summed E-state index contributed by atoms with van der Waals surface area (Å²) < 4.78 is 31.8. The number of hydrogen-bond acceptors (Lipinski definition) is 4.